The molecule has 3 rings (SSSR count). The standard InChI is InChI=1S/C16H27N3O/c1-12-10-13(20-19-12)11-18-16-7-3-2-6-14(16)15-8-4-5-9-17-15/h10,14-18H,2-9,11H2,1H3. The van der Waals surface area contributed by atoms with Gasteiger partial charge < -0.3 is 15.2 Å². The van der Waals surface area contributed by atoms with Gasteiger partial charge in [0.05, 0.1) is 12.2 Å². The lowest BCUT2D eigenvalue weighted by atomic mass is 9.77. The first kappa shape index (κ1) is 14.1. The summed E-state index contributed by atoms with van der Waals surface area (Å²) >= 11 is 0. The Morgan fingerprint density at radius 3 is 2.85 bits per heavy atom. The van der Waals surface area contributed by atoms with Crippen LogP contribution in [0.1, 0.15) is 56.4 Å². The highest BCUT2D eigenvalue weighted by molar-refractivity contribution is 5.03. The molecule has 1 saturated carbocycles. The summed E-state index contributed by atoms with van der Waals surface area (Å²) in [7, 11) is 0. The fraction of sp³-hybridized carbons (Fsp3) is 0.812. The lowest BCUT2D eigenvalue weighted by Crippen LogP contribution is -2.50. The average Bonchev–Trinajstić information content (AvgIpc) is 2.92. The van der Waals surface area contributed by atoms with Crippen molar-refractivity contribution in [2.45, 2.75) is 70.5 Å². The quantitative estimate of drug-likeness (QED) is 0.888. The van der Waals surface area contributed by atoms with E-state index < -0.39 is 0 Å². The Hall–Kier alpha value is -0.870. The highest BCUT2D eigenvalue weighted by Gasteiger charge is 2.32. The van der Waals surface area contributed by atoms with Crippen molar-refractivity contribution in [3.63, 3.8) is 0 Å². The number of hydrogen-bond donors (Lipinski definition) is 2. The third-order valence-corrected chi connectivity index (χ3v) is 4.90. The maximum Gasteiger partial charge on any atom is 0.150 e. The number of nitrogens with one attached hydrogen (secondary N) is 2. The van der Waals surface area contributed by atoms with Crippen molar-refractivity contribution in [1.82, 2.24) is 15.8 Å². The van der Waals surface area contributed by atoms with Crippen molar-refractivity contribution in [2.24, 2.45) is 5.92 Å². The van der Waals surface area contributed by atoms with Gasteiger partial charge in [-0.25, -0.2) is 0 Å². The van der Waals surface area contributed by atoms with Gasteiger partial charge in [-0.15, -0.1) is 0 Å². The minimum atomic E-state index is 0.629. The normalized spacial score (nSPS) is 31.4. The second-order valence-corrected chi connectivity index (χ2v) is 6.43. The Kier molecular flexibility index (Phi) is 4.73. The van der Waals surface area contributed by atoms with Gasteiger partial charge in [0.15, 0.2) is 5.76 Å². The molecule has 0 amide bonds. The molecule has 1 aromatic heterocycles. The molecule has 2 fully saturated rings. The summed E-state index contributed by atoms with van der Waals surface area (Å²) in [6, 6.07) is 3.38. The summed E-state index contributed by atoms with van der Waals surface area (Å²) in [5.74, 6) is 1.75. The van der Waals surface area contributed by atoms with Crippen LogP contribution in [-0.4, -0.2) is 23.8 Å². The van der Waals surface area contributed by atoms with Gasteiger partial charge in [0.25, 0.3) is 0 Å². The van der Waals surface area contributed by atoms with Crippen molar-refractivity contribution in [3.8, 4) is 0 Å². The molecule has 0 bridgehead atoms. The maximum absolute atomic E-state index is 5.31. The molecule has 2 aliphatic rings. The zero-order chi connectivity index (χ0) is 13.8. The number of aromatic nitrogens is 1. The third-order valence-electron chi connectivity index (χ3n) is 4.90. The van der Waals surface area contributed by atoms with Crippen LogP contribution in [0.2, 0.25) is 0 Å². The Bertz CT molecular complexity index is 412. The number of hydrogen-bond acceptors (Lipinski definition) is 4. The first-order chi connectivity index (χ1) is 9.83. The molecule has 3 atom stereocenters. The molecule has 4 nitrogen and oxygen atoms in total. The number of rotatable bonds is 4. The predicted molar refractivity (Wildman–Crippen MR) is 79.5 cm³/mol. The Balaban J connectivity index is 1.57. The first-order valence-electron chi connectivity index (χ1n) is 8.22. The molecule has 0 radical (unpaired) electrons. The van der Waals surface area contributed by atoms with E-state index in [-0.39, 0.29) is 0 Å². The molecule has 112 valence electrons. The lowest BCUT2D eigenvalue weighted by Gasteiger charge is -2.39. The second-order valence-electron chi connectivity index (χ2n) is 6.43. The van der Waals surface area contributed by atoms with Crippen LogP contribution in [0, 0.1) is 12.8 Å². The smallest absolute Gasteiger partial charge is 0.150 e. The first-order valence-corrected chi connectivity index (χ1v) is 8.22. The SMILES string of the molecule is Cc1cc(CNC2CCCCC2C2CCCCN2)on1. The summed E-state index contributed by atoms with van der Waals surface area (Å²) in [4.78, 5) is 0. The Morgan fingerprint density at radius 2 is 2.10 bits per heavy atom. The van der Waals surface area contributed by atoms with Gasteiger partial charge in [-0.1, -0.05) is 24.4 Å². The third kappa shape index (κ3) is 3.41. The van der Waals surface area contributed by atoms with E-state index in [1.807, 2.05) is 13.0 Å². The summed E-state index contributed by atoms with van der Waals surface area (Å²) in [6.07, 6.45) is 9.50. The predicted octanol–water partition coefficient (Wildman–Crippen LogP) is 2.77. The van der Waals surface area contributed by atoms with Crippen molar-refractivity contribution in [1.29, 1.82) is 0 Å². The summed E-state index contributed by atoms with van der Waals surface area (Å²) in [5, 5.41) is 11.4. The van der Waals surface area contributed by atoms with Gasteiger partial charge >= 0.3 is 0 Å². The highest BCUT2D eigenvalue weighted by atomic mass is 16.5. The topological polar surface area (TPSA) is 50.1 Å². The van der Waals surface area contributed by atoms with Crippen molar-refractivity contribution < 1.29 is 4.52 Å². The molecule has 1 aliphatic heterocycles. The lowest BCUT2D eigenvalue weighted by molar-refractivity contribution is 0.178. The molecule has 4 heteroatoms. The van der Waals surface area contributed by atoms with Gasteiger partial charge in [0.2, 0.25) is 0 Å². The molecular formula is C16H27N3O. The number of aryl methyl sites for hydroxylation is 1. The van der Waals surface area contributed by atoms with Crippen LogP contribution in [0.5, 0.6) is 0 Å². The molecule has 3 unspecified atom stereocenters. The van der Waals surface area contributed by atoms with Crippen molar-refractivity contribution in [2.75, 3.05) is 6.54 Å². The number of piperidine rings is 1. The van der Waals surface area contributed by atoms with Crippen LogP contribution >= 0.6 is 0 Å². The molecule has 1 saturated heterocycles. The summed E-state index contributed by atoms with van der Waals surface area (Å²) in [5.41, 5.74) is 0.968. The van der Waals surface area contributed by atoms with E-state index in [2.05, 4.69) is 15.8 Å². The molecule has 0 spiro atoms. The molecule has 1 aliphatic carbocycles. The summed E-state index contributed by atoms with van der Waals surface area (Å²) < 4.78 is 5.31. The van der Waals surface area contributed by atoms with Crippen LogP contribution in [0.3, 0.4) is 0 Å². The van der Waals surface area contributed by atoms with E-state index in [0.29, 0.717) is 6.04 Å². The molecular weight excluding hydrogens is 250 g/mol. The molecule has 2 N–H and O–H groups in total. The van der Waals surface area contributed by atoms with Gasteiger partial charge in [-0.2, -0.15) is 0 Å². The fourth-order valence-electron chi connectivity index (χ4n) is 3.87. The van der Waals surface area contributed by atoms with E-state index in [4.69, 9.17) is 4.52 Å². The molecule has 2 heterocycles. The van der Waals surface area contributed by atoms with Gasteiger partial charge in [0, 0.05) is 18.2 Å². The van der Waals surface area contributed by atoms with E-state index >= 15 is 0 Å². The highest BCUT2D eigenvalue weighted by Crippen LogP contribution is 2.30. The molecule has 0 aromatic carbocycles. The van der Waals surface area contributed by atoms with E-state index in [1.54, 1.807) is 0 Å². The van der Waals surface area contributed by atoms with E-state index in [1.165, 1.54) is 51.5 Å². The van der Waals surface area contributed by atoms with Crippen LogP contribution in [0.4, 0.5) is 0 Å². The fourth-order valence-corrected chi connectivity index (χ4v) is 3.87. The van der Waals surface area contributed by atoms with E-state index in [0.717, 1.165) is 30.0 Å². The zero-order valence-corrected chi connectivity index (χ0v) is 12.5. The monoisotopic (exact) mass is 277 g/mol. The van der Waals surface area contributed by atoms with Crippen molar-refractivity contribution in [3.05, 3.63) is 17.5 Å². The molecule has 20 heavy (non-hydrogen) atoms. The molecule has 1 aromatic rings. The summed E-state index contributed by atoms with van der Waals surface area (Å²) in [6.45, 7) is 3.99. The van der Waals surface area contributed by atoms with E-state index in [9.17, 15) is 0 Å². The van der Waals surface area contributed by atoms with Gasteiger partial charge in [0.1, 0.15) is 0 Å². The van der Waals surface area contributed by atoms with Gasteiger partial charge in [-0.3, -0.25) is 0 Å². The number of nitrogens with zero attached hydrogens (tertiary/aromatic N) is 1. The van der Waals surface area contributed by atoms with Gasteiger partial charge in [-0.05, 0) is 45.1 Å². The Morgan fingerprint density at radius 1 is 1.25 bits per heavy atom. The maximum atomic E-state index is 5.31. The average molecular weight is 277 g/mol. The van der Waals surface area contributed by atoms with Crippen molar-refractivity contribution >= 4 is 0 Å². The zero-order valence-electron chi connectivity index (χ0n) is 12.5. The minimum Gasteiger partial charge on any atom is -0.360 e. The largest absolute Gasteiger partial charge is 0.360 e. The van der Waals surface area contributed by atoms with Crippen LogP contribution in [-0.2, 0) is 6.54 Å². The Labute approximate surface area is 121 Å². The van der Waals surface area contributed by atoms with Crippen LogP contribution in [0.15, 0.2) is 10.6 Å². The minimum absolute atomic E-state index is 0.629. The van der Waals surface area contributed by atoms with Crippen LogP contribution < -0.4 is 10.6 Å². The van der Waals surface area contributed by atoms with Crippen LogP contribution in [0.25, 0.3) is 0 Å². The second kappa shape index (κ2) is 6.72.